The van der Waals surface area contributed by atoms with Crippen LogP contribution in [0.5, 0.6) is 5.75 Å². The summed E-state index contributed by atoms with van der Waals surface area (Å²) in [7, 11) is 0. The van der Waals surface area contributed by atoms with Crippen LogP contribution in [0.15, 0.2) is 41.4 Å². The van der Waals surface area contributed by atoms with Gasteiger partial charge in [0.05, 0.1) is 15.5 Å². The molecule has 2 aromatic carbocycles. The molecular formula is C13H8ClN3O5. The lowest BCUT2D eigenvalue weighted by Gasteiger charge is -1.99. The van der Waals surface area contributed by atoms with Crippen LogP contribution in [0.1, 0.15) is 5.56 Å². The van der Waals surface area contributed by atoms with Gasteiger partial charge in [-0.1, -0.05) is 11.6 Å². The average molecular weight is 322 g/mol. The molecule has 0 bridgehead atoms. The van der Waals surface area contributed by atoms with Crippen molar-refractivity contribution in [2.24, 2.45) is 4.99 Å². The predicted molar refractivity (Wildman–Crippen MR) is 80.1 cm³/mol. The fourth-order valence-corrected chi connectivity index (χ4v) is 1.82. The normalized spacial score (nSPS) is 10.8. The van der Waals surface area contributed by atoms with Crippen molar-refractivity contribution in [1.82, 2.24) is 0 Å². The summed E-state index contributed by atoms with van der Waals surface area (Å²) < 4.78 is 0. The highest BCUT2D eigenvalue weighted by Crippen LogP contribution is 2.29. The first-order valence-electron chi connectivity index (χ1n) is 5.84. The van der Waals surface area contributed by atoms with E-state index in [1.54, 1.807) is 0 Å². The topological polar surface area (TPSA) is 119 Å². The fourth-order valence-electron chi connectivity index (χ4n) is 1.64. The first-order chi connectivity index (χ1) is 10.4. The van der Waals surface area contributed by atoms with E-state index in [1.807, 2.05) is 0 Å². The number of halogens is 1. The molecule has 0 spiro atoms. The van der Waals surface area contributed by atoms with Crippen molar-refractivity contribution in [3.63, 3.8) is 0 Å². The Hall–Kier alpha value is -3.00. The van der Waals surface area contributed by atoms with E-state index in [1.165, 1.54) is 36.5 Å². The minimum absolute atomic E-state index is 0.00998. The zero-order chi connectivity index (χ0) is 16.3. The summed E-state index contributed by atoms with van der Waals surface area (Å²) in [4.78, 5) is 24.1. The smallest absolute Gasteiger partial charge is 0.311 e. The molecule has 2 aromatic rings. The van der Waals surface area contributed by atoms with Gasteiger partial charge in [0.2, 0.25) is 0 Å². The molecule has 0 aromatic heterocycles. The van der Waals surface area contributed by atoms with Crippen molar-refractivity contribution >= 4 is 34.9 Å². The number of rotatable bonds is 4. The first-order valence-corrected chi connectivity index (χ1v) is 6.21. The monoisotopic (exact) mass is 321 g/mol. The van der Waals surface area contributed by atoms with E-state index >= 15 is 0 Å². The van der Waals surface area contributed by atoms with Gasteiger partial charge in [0.25, 0.3) is 5.69 Å². The highest BCUT2D eigenvalue weighted by Gasteiger charge is 2.14. The highest BCUT2D eigenvalue weighted by atomic mass is 35.5. The first kappa shape index (κ1) is 15.4. The number of aliphatic imine (C=N–C) groups is 1. The highest BCUT2D eigenvalue weighted by molar-refractivity contribution is 6.32. The Kier molecular flexibility index (Phi) is 4.33. The molecule has 0 aliphatic heterocycles. The fraction of sp³-hybridized carbons (Fsp3) is 0. The van der Waals surface area contributed by atoms with Crippen LogP contribution in [-0.2, 0) is 0 Å². The molecule has 112 valence electrons. The third kappa shape index (κ3) is 3.36. The van der Waals surface area contributed by atoms with Gasteiger partial charge in [-0.25, -0.2) is 0 Å². The number of aromatic hydroxyl groups is 1. The van der Waals surface area contributed by atoms with Gasteiger partial charge in [0.15, 0.2) is 5.75 Å². The molecule has 0 saturated carbocycles. The van der Waals surface area contributed by atoms with Crippen molar-refractivity contribution in [3.8, 4) is 5.75 Å². The summed E-state index contributed by atoms with van der Waals surface area (Å²) in [5, 5.41) is 30.8. The summed E-state index contributed by atoms with van der Waals surface area (Å²) in [6.45, 7) is 0. The molecule has 22 heavy (non-hydrogen) atoms. The van der Waals surface area contributed by atoms with Crippen LogP contribution in [-0.4, -0.2) is 21.2 Å². The lowest BCUT2D eigenvalue weighted by molar-refractivity contribution is -0.385. The molecule has 0 fully saturated rings. The lowest BCUT2D eigenvalue weighted by Crippen LogP contribution is -1.91. The van der Waals surface area contributed by atoms with E-state index in [-0.39, 0.29) is 16.4 Å². The minimum atomic E-state index is -0.722. The largest absolute Gasteiger partial charge is 0.502 e. The number of nitro groups is 2. The third-order valence-electron chi connectivity index (χ3n) is 2.69. The summed E-state index contributed by atoms with van der Waals surface area (Å²) >= 11 is 5.69. The Bertz CT molecular complexity index is 726. The molecule has 1 N–H and O–H groups in total. The van der Waals surface area contributed by atoms with E-state index in [0.29, 0.717) is 5.56 Å². The molecule has 0 atom stereocenters. The van der Waals surface area contributed by atoms with Crippen LogP contribution in [0, 0.1) is 20.2 Å². The van der Waals surface area contributed by atoms with Gasteiger partial charge in [0.1, 0.15) is 5.02 Å². The van der Waals surface area contributed by atoms with Gasteiger partial charge in [0, 0.05) is 18.3 Å². The minimum Gasteiger partial charge on any atom is -0.502 e. The molecular weight excluding hydrogens is 314 g/mol. The van der Waals surface area contributed by atoms with E-state index < -0.39 is 21.3 Å². The van der Waals surface area contributed by atoms with Gasteiger partial charge in [-0.05, 0) is 29.8 Å². The van der Waals surface area contributed by atoms with Gasteiger partial charge in [-0.2, -0.15) is 0 Å². The van der Waals surface area contributed by atoms with Gasteiger partial charge in [-0.15, -0.1) is 0 Å². The Balaban J connectivity index is 2.33. The molecule has 0 radical (unpaired) electrons. The van der Waals surface area contributed by atoms with Crippen LogP contribution in [0.3, 0.4) is 0 Å². The second-order valence-corrected chi connectivity index (χ2v) is 4.56. The lowest BCUT2D eigenvalue weighted by atomic mass is 10.2. The van der Waals surface area contributed by atoms with E-state index in [0.717, 1.165) is 6.07 Å². The van der Waals surface area contributed by atoms with Crippen molar-refractivity contribution in [2.45, 2.75) is 0 Å². The molecule has 2 rings (SSSR count). The number of nitrogens with zero attached hydrogens (tertiary/aromatic N) is 3. The van der Waals surface area contributed by atoms with Crippen LogP contribution in [0.4, 0.5) is 17.1 Å². The predicted octanol–water partition coefficient (Wildman–Crippen LogP) is 3.61. The maximum atomic E-state index is 10.8. The number of phenolic OH excluding ortho intramolecular Hbond substituents is 1. The maximum absolute atomic E-state index is 10.8. The third-order valence-corrected chi connectivity index (χ3v) is 3.00. The molecule has 9 heteroatoms. The van der Waals surface area contributed by atoms with Crippen LogP contribution < -0.4 is 0 Å². The van der Waals surface area contributed by atoms with Gasteiger partial charge in [-0.3, -0.25) is 25.2 Å². The quantitative estimate of drug-likeness (QED) is 0.524. The molecule has 0 amide bonds. The number of benzene rings is 2. The summed E-state index contributed by atoms with van der Waals surface area (Å²) in [5.41, 5.74) is -0.104. The SMILES string of the molecule is O=[N+]([O-])c1cc(C=Nc2ccc(Cl)c([N+](=O)[O-])c2)ccc1O. The van der Waals surface area contributed by atoms with Crippen LogP contribution >= 0.6 is 11.6 Å². The van der Waals surface area contributed by atoms with Crippen LogP contribution in [0.2, 0.25) is 5.02 Å². The molecule has 0 aliphatic carbocycles. The number of hydrogen-bond acceptors (Lipinski definition) is 6. The van der Waals surface area contributed by atoms with Gasteiger partial charge < -0.3 is 5.11 Å². The Labute approximate surface area is 128 Å². The second-order valence-electron chi connectivity index (χ2n) is 4.16. The van der Waals surface area contributed by atoms with Crippen molar-refractivity contribution in [3.05, 3.63) is 67.2 Å². The van der Waals surface area contributed by atoms with E-state index in [4.69, 9.17) is 11.6 Å². The van der Waals surface area contributed by atoms with Crippen molar-refractivity contribution in [2.75, 3.05) is 0 Å². The number of hydrogen-bond donors (Lipinski definition) is 1. The summed E-state index contributed by atoms with van der Waals surface area (Å²) in [6, 6.07) is 7.74. The Morgan fingerprint density at radius 1 is 1.05 bits per heavy atom. The standard InChI is InChI=1S/C13H8ClN3O5/c14-10-3-2-9(6-11(10)16(19)20)15-7-8-1-4-13(18)12(5-8)17(21)22/h1-7,18H. The molecule has 0 aliphatic rings. The molecule has 0 unspecified atom stereocenters. The zero-order valence-electron chi connectivity index (χ0n) is 10.8. The summed E-state index contributed by atoms with van der Waals surface area (Å²) in [5.74, 6) is -0.454. The second kappa shape index (κ2) is 6.19. The van der Waals surface area contributed by atoms with E-state index in [2.05, 4.69) is 4.99 Å². The maximum Gasteiger partial charge on any atom is 0.311 e. The average Bonchev–Trinajstić information content (AvgIpc) is 2.47. The number of phenols is 1. The molecule has 8 nitrogen and oxygen atoms in total. The van der Waals surface area contributed by atoms with Crippen molar-refractivity contribution < 1.29 is 15.0 Å². The van der Waals surface area contributed by atoms with Crippen LogP contribution in [0.25, 0.3) is 0 Å². The molecule has 0 heterocycles. The Morgan fingerprint density at radius 2 is 1.73 bits per heavy atom. The van der Waals surface area contributed by atoms with E-state index in [9.17, 15) is 25.3 Å². The number of nitro benzene ring substituents is 2. The molecule has 0 saturated heterocycles. The van der Waals surface area contributed by atoms with Crippen molar-refractivity contribution in [1.29, 1.82) is 0 Å². The zero-order valence-corrected chi connectivity index (χ0v) is 11.6. The Morgan fingerprint density at radius 3 is 2.36 bits per heavy atom. The summed E-state index contributed by atoms with van der Waals surface area (Å²) in [6.07, 6.45) is 1.29. The van der Waals surface area contributed by atoms with Gasteiger partial charge >= 0.3 is 5.69 Å².